The van der Waals surface area contributed by atoms with Crippen LogP contribution in [0.5, 0.6) is 11.5 Å². The number of hydrogen-bond donors (Lipinski definition) is 1. The van der Waals surface area contributed by atoms with Crippen molar-refractivity contribution >= 4 is 11.6 Å². The smallest absolute Gasteiger partial charge is 0.124 e. The zero-order chi connectivity index (χ0) is 13.7. The maximum absolute atomic E-state index is 5.79. The summed E-state index contributed by atoms with van der Waals surface area (Å²) in [7, 11) is 1.67. The molecule has 2 rings (SSSR count). The number of halogens is 1. The van der Waals surface area contributed by atoms with Crippen LogP contribution < -0.4 is 14.8 Å². The zero-order valence-electron chi connectivity index (χ0n) is 11.4. The van der Waals surface area contributed by atoms with E-state index in [2.05, 4.69) is 5.32 Å². The van der Waals surface area contributed by atoms with Gasteiger partial charge in [-0.25, -0.2) is 0 Å². The van der Waals surface area contributed by atoms with Crippen LogP contribution in [0.2, 0.25) is 0 Å². The Hall–Kier alpha value is -1.19. The van der Waals surface area contributed by atoms with Crippen LogP contribution >= 0.6 is 11.6 Å². The Bertz CT molecular complexity index is 455. The molecule has 1 aliphatic rings. The summed E-state index contributed by atoms with van der Waals surface area (Å²) in [5.74, 6) is 1.73. The molecule has 1 aromatic rings. The SMILES string of the molecule is COc1ccc(OC/C(C)=C/Cl)c(CNC2CC2)c1. The van der Waals surface area contributed by atoms with Gasteiger partial charge in [-0.3, -0.25) is 0 Å². The van der Waals surface area contributed by atoms with Crippen LogP contribution in [-0.4, -0.2) is 19.8 Å². The van der Waals surface area contributed by atoms with Crippen LogP contribution in [-0.2, 0) is 6.54 Å². The summed E-state index contributed by atoms with van der Waals surface area (Å²) in [4.78, 5) is 0. The van der Waals surface area contributed by atoms with Crippen LogP contribution in [0, 0.1) is 0 Å². The van der Waals surface area contributed by atoms with Crippen molar-refractivity contribution in [2.24, 2.45) is 0 Å². The van der Waals surface area contributed by atoms with Gasteiger partial charge in [0, 0.05) is 23.7 Å². The van der Waals surface area contributed by atoms with Crippen LogP contribution in [0.25, 0.3) is 0 Å². The van der Waals surface area contributed by atoms with Crippen LogP contribution in [0.4, 0.5) is 0 Å². The number of ether oxygens (including phenoxy) is 2. The van der Waals surface area contributed by atoms with E-state index in [1.54, 1.807) is 12.6 Å². The molecule has 0 unspecified atom stereocenters. The molecule has 1 N–H and O–H groups in total. The second-order valence-corrected chi connectivity index (χ2v) is 5.09. The third-order valence-electron chi connectivity index (χ3n) is 3.07. The average molecular weight is 282 g/mol. The first-order valence-corrected chi connectivity index (χ1v) is 6.95. The number of rotatable bonds is 7. The van der Waals surface area contributed by atoms with E-state index in [-0.39, 0.29) is 0 Å². The Morgan fingerprint density at radius 2 is 2.26 bits per heavy atom. The average Bonchev–Trinajstić information content (AvgIpc) is 3.26. The molecule has 0 aromatic heterocycles. The number of hydrogen-bond acceptors (Lipinski definition) is 3. The summed E-state index contributed by atoms with van der Waals surface area (Å²) in [6.07, 6.45) is 2.54. The Balaban J connectivity index is 2.05. The highest BCUT2D eigenvalue weighted by Crippen LogP contribution is 2.26. The van der Waals surface area contributed by atoms with Crippen molar-refractivity contribution in [1.82, 2.24) is 5.32 Å². The Kier molecular flexibility index (Phi) is 5.11. The lowest BCUT2D eigenvalue weighted by molar-refractivity contribution is 0.345. The summed E-state index contributed by atoms with van der Waals surface area (Å²) in [6, 6.07) is 6.55. The predicted octanol–water partition coefficient (Wildman–Crippen LogP) is 3.47. The summed E-state index contributed by atoms with van der Waals surface area (Å²) >= 11 is 5.64. The fourth-order valence-electron chi connectivity index (χ4n) is 1.73. The van der Waals surface area contributed by atoms with E-state index in [1.165, 1.54) is 12.8 Å². The molecule has 4 heteroatoms. The molecule has 0 spiro atoms. The molecule has 19 heavy (non-hydrogen) atoms. The first-order chi connectivity index (χ1) is 9.22. The van der Waals surface area contributed by atoms with Crippen molar-refractivity contribution in [2.45, 2.75) is 32.4 Å². The van der Waals surface area contributed by atoms with E-state index in [4.69, 9.17) is 21.1 Å². The van der Waals surface area contributed by atoms with Gasteiger partial charge < -0.3 is 14.8 Å². The second kappa shape index (κ2) is 6.83. The Morgan fingerprint density at radius 1 is 1.47 bits per heavy atom. The standard InChI is InChI=1S/C15H20ClNO2/c1-11(8-16)10-19-15-6-5-14(18-2)7-12(15)9-17-13-3-4-13/h5-8,13,17H,3-4,9-10H2,1-2H3/b11-8+. The van der Waals surface area contributed by atoms with Crippen molar-refractivity contribution < 1.29 is 9.47 Å². The van der Waals surface area contributed by atoms with Crippen molar-refractivity contribution in [3.63, 3.8) is 0 Å². The second-order valence-electron chi connectivity index (χ2n) is 4.87. The molecule has 1 saturated carbocycles. The summed E-state index contributed by atoms with van der Waals surface area (Å²) < 4.78 is 11.1. The third kappa shape index (κ3) is 4.44. The minimum Gasteiger partial charge on any atom is -0.497 e. The molecule has 0 radical (unpaired) electrons. The van der Waals surface area contributed by atoms with Gasteiger partial charge >= 0.3 is 0 Å². The molecular weight excluding hydrogens is 262 g/mol. The fraction of sp³-hybridized carbons (Fsp3) is 0.467. The van der Waals surface area contributed by atoms with E-state index in [0.717, 1.165) is 29.2 Å². The van der Waals surface area contributed by atoms with E-state index >= 15 is 0 Å². The van der Waals surface area contributed by atoms with Gasteiger partial charge in [-0.05, 0) is 43.5 Å². The predicted molar refractivity (Wildman–Crippen MR) is 78.0 cm³/mol. The molecule has 104 valence electrons. The summed E-state index contributed by atoms with van der Waals surface area (Å²) in [5, 5.41) is 3.49. The molecule has 3 nitrogen and oxygen atoms in total. The molecule has 0 amide bonds. The third-order valence-corrected chi connectivity index (χ3v) is 3.44. The van der Waals surface area contributed by atoms with Gasteiger partial charge in [0.1, 0.15) is 18.1 Å². The van der Waals surface area contributed by atoms with Gasteiger partial charge in [-0.2, -0.15) is 0 Å². The highest BCUT2D eigenvalue weighted by molar-refractivity contribution is 6.25. The van der Waals surface area contributed by atoms with Gasteiger partial charge in [0.2, 0.25) is 0 Å². The molecule has 1 aliphatic carbocycles. The van der Waals surface area contributed by atoms with Crippen molar-refractivity contribution in [2.75, 3.05) is 13.7 Å². The number of nitrogens with one attached hydrogen (secondary N) is 1. The van der Waals surface area contributed by atoms with Crippen molar-refractivity contribution in [1.29, 1.82) is 0 Å². The van der Waals surface area contributed by atoms with E-state index in [9.17, 15) is 0 Å². The molecule has 0 saturated heterocycles. The molecule has 1 fully saturated rings. The highest BCUT2D eigenvalue weighted by Gasteiger charge is 2.20. The molecule has 0 heterocycles. The minimum atomic E-state index is 0.506. The largest absolute Gasteiger partial charge is 0.497 e. The number of methoxy groups -OCH3 is 1. The molecular formula is C15H20ClNO2. The normalized spacial score (nSPS) is 15.4. The van der Waals surface area contributed by atoms with E-state index < -0.39 is 0 Å². The zero-order valence-corrected chi connectivity index (χ0v) is 12.2. The molecule has 0 bridgehead atoms. The molecule has 0 aliphatic heterocycles. The van der Waals surface area contributed by atoms with Crippen molar-refractivity contribution in [3.8, 4) is 11.5 Å². The maximum Gasteiger partial charge on any atom is 0.124 e. The quantitative estimate of drug-likeness (QED) is 0.830. The van der Waals surface area contributed by atoms with Crippen LogP contribution in [0.15, 0.2) is 29.3 Å². The van der Waals surface area contributed by atoms with E-state index in [0.29, 0.717) is 12.6 Å². The maximum atomic E-state index is 5.79. The van der Waals surface area contributed by atoms with Crippen LogP contribution in [0.3, 0.4) is 0 Å². The van der Waals surface area contributed by atoms with Gasteiger partial charge in [-0.1, -0.05) is 11.6 Å². The van der Waals surface area contributed by atoms with E-state index in [1.807, 2.05) is 25.1 Å². The minimum absolute atomic E-state index is 0.506. The highest BCUT2D eigenvalue weighted by atomic mass is 35.5. The molecule has 1 aromatic carbocycles. The summed E-state index contributed by atoms with van der Waals surface area (Å²) in [6.45, 7) is 3.26. The number of benzene rings is 1. The topological polar surface area (TPSA) is 30.5 Å². The lowest BCUT2D eigenvalue weighted by atomic mass is 10.2. The Labute approximate surface area is 119 Å². The van der Waals surface area contributed by atoms with Crippen LogP contribution in [0.1, 0.15) is 25.3 Å². The lowest BCUT2D eigenvalue weighted by Gasteiger charge is -2.13. The van der Waals surface area contributed by atoms with Crippen molar-refractivity contribution in [3.05, 3.63) is 34.9 Å². The first-order valence-electron chi connectivity index (χ1n) is 6.52. The Morgan fingerprint density at radius 3 is 2.89 bits per heavy atom. The summed E-state index contributed by atoms with van der Waals surface area (Å²) in [5.41, 5.74) is 3.67. The van der Waals surface area contributed by atoms with Gasteiger partial charge in [0.15, 0.2) is 0 Å². The van der Waals surface area contributed by atoms with Gasteiger partial charge in [0.05, 0.1) is 7.11 Å². The van der Waals surface area contributed by atoms with Gasteiger partial charge in [-0.15, -0.1) is 0 Å². The lowest BCUT2D eigenvalue weighted by Crippen LogP contribution is -2.16. The first kappa shape index (κ1) is 14.2. The monoisotopic (exact) mass is 281 g/mol. The van der Waals surface area contributed by atoms with Gasteiger partial charge in [0.25, 0.3) is 0 Å². The molecule has 0 atom stereocenters. The fourth-order valence-corrected chi connectivity index (χ4v) is 1.79.